The van der Waals surface area contributed by atoms with Crippen LogP contribution in [0.1, 0.15) is 21.7 Å². The molecule has 1 aliphatic heterocycles. The molecule has 8 nitrogen and oxygen atoms in total. The van der Waals surface area contributed by atoms with Crippen molar-refractivity contribution in [3.05, 3.63) is 76.0 Å². The number of aromatic nitrogens is 2. The van der Waals surface area contributed by atoms with Gasteiger partial charge in [-0.3, -0.25) is 9.78 Å². The van der Waals surface area contributed by atoms with Gasteiger partial charge in [0.25, 0.3) is 5.91 Å². The Hall–Kier alpha value is -3.83. The molecule has 1 aliphatic rings. The molecule has 0 radical (unpaired) electrons. The lowest BCUT2D eigenvalue weighted by molar-refractivity contribution is 0.0997. The molecule has 4 rings (SSSR count). The van der Waals surface area contributed by atoms with E-state index in [1.807, 2.05) is 23.6 Å². The number of rotatable bonds is 3. The molecule has 3 N–H and O–H groups in total. The number of carbonyl (C=O) groups is 2. The number of aryl methyl sites for hydroxylation is 1. The Morgan fingerprint density at radius 3 is 2.55 bits per heavy atom. The Labute approximate surface area is 184 Å². The van der Waals surface area contributed by atoms with Gasteiger partial charge in [-0.15, -0.1) is 0 Å². The molecule has 0 aliphatic carbocycles. The number of hydrogen-bond donors (Lipinski definition) is 2. The quantitative estimate of drug-likeness (QED) is 0.604. The number of halogens is 1. The number of nitrogens with zero attached hydrogens (tertiary/aromatic N) is 4. The first-order valence-corrected chi connectivity index (χ1v) is 9.94. The second-order valence-electron chi connectivity index (χ2n) is 7.20. The van der Waals surface area contributed by atoms with Crippen LogP contribution >= 0.6 is 11.6 Å². The van der Waals surface area contributed by atoms with Crippen molar-refractivity contribution in [2.75, 3.05) is 11.9 Å². The molecular weight excluding hydrogens is 416 g/mol. The predicted octanol–water partition coefficient (Wildman–Crippen LogP) is 4.21. The number of pyridine rings is 1. The van der Waals surface area contributed by atoms with Crippen LogP contribution in [0.25, 0.3) is 16.1 Å². The smallest absolute Gasteiger partial charge is 0.322 e. The lowest BCUT2D eigenvalue weighted by Crippen LogP contribution is -2.41. The second kappa shape index (κ2) is 8.13. The number of nitrogens with two attached hydrogens (primary N) is 1. The molecule has 0 unspecified atom stereocenters. The minimum absolute atomic E-state index is 0.184. The molecule has 3 aromatic rings. The van der Waals surface area contributed by atoms with E-state index >= 15 is 0 Å². The highest BCUT2D eigenvalue weighted by molar-refractivity contribution is 6.36. The second-order valence-corrected chi connectivity index (χ2v) is 7.58. The van der Waals surface area contributed by atoms with Crippen LogP contribution in [0.4, 0.5) is 16.2 Å². The minimum Gasteiger partial charge on any atom is -0.365 e. The van der Waals surface area contributed by atoms with Crippen LogP contribution in [0.3, 0.4) is 0 Å². The SMILES string of the molecule is [C-]#[N+]c1ccc(NC(=O)N2CCn3c(c(C(N)=O)c(Cl)c3-c3ccc(C)nc3)C2)cc1. The summed E-state index contributed by atoms with van der Waals surface area (Å²) >= 11 is 6.58. The Balaban J connectivity index is 1.64. The molecule has 0 saturated heterocycles. The standard InChI is InChI=1S/C22H19ClN6O2/c1-13-3-4-14(11-26-13)20-19(23)18(21(24)30)17-12-28(9-10-29(17)20)22(31)27-16-7-5-15(25-2)6-8-16/h3-8,11H,9-10,12H2,1H3,(H2,24,30)(H,27,31). The van der Waals surface area contributed by atoms with E-state index in [0.29, 0.717) is 35.9 Å². The van der Waals surface area contributed by atoms with Crippen molar-refractivity contribution in [2.24, 2.45) is 5.73 Å². The fourth-order valence-corrected chi connectivity index (χ4v) is 4.07. The fraction of sp³-hybridized carbons (Fsp3) is 0.182. The molecular formula is C22H19ClN6O2. The van der Waals surface area contributed by atoms with Gasteiger partial charge in [-0.1, -0.05) is 23.7 Å². The average Bonchev–Trinajstić information content (AvgIpc) is 3.06. The zero-order chi connectivity index (χ0) is 22.1. The van der Waals surface area contributed by atoms with Gasteiger partial charge in [-0.05, 0) is 31.2 Å². The summed E-state index contributed by atoms with van der Waals surface area (Å²) in [6, 6.07) is 10.1. The molecule has 31 heavy (non-hydrogen) atoms. The summed E-state index contributed by atoms with van der Waals surface area (Å²) in [5, 5.41) is 3.09. The first-order chi connectivity index (χ1) is 14.9. The van der Waals surface area contributed by atoms with Crippen LogP contribution in [-0.4, -0.2) is 32.9 Å². The lowest BCUT2D eigenvalue weighted by atomic mass is 10.1. The van der Waals surface area contributed by atoms with Crippen LogP contribution in [0, 0.1) is 13.5 Å². The Morgan fingerprint density at radius 2 is 1.94 bits per heavy atom. The summed E-state index contributed by atoms with van der Waals surface area (Å²) in [5.41, 5.74) is 9.84. The van der Waals surface area contributed by atoms with Gasteiger partial charge >= 0.3 is 6.03 Å². The van der Waals surface area contributed by atoms with E-state index in [9.17, 15) is 9.59 Å². The van der Waals surface area contributed by atoms with Crippen LogP contribution in [0.5, 0.6) is 0 Å². The molecule has 2 aromatic heterocycles. The van der Waals surface area contributed by atoms with Gasteiger partial charge in [0.1, 0.15) is 0 Å². The van der Waals surface area contributed by atoms with Gasteiger partial charge in [0.15, 0.2) is 5.69 Å². The van der Waals surface area contributed by atoms with Gasteiger partial charge < -0.3 is 20.5 Å². The fourth-order valence-electron chi connectivity index (χ4n) is 3.66. The number of amides is 3. The summed E-state index contributed by atoms with van der Waals surface area (Å²) in [5.74, 6) is -0.642. The Morgan fingerprint density at radius 1 is 1.19 bits per heavy atom. The number of nitrogens with one attached hydrogen (secondary N) is 1. The van der Waals surface area contributed by atoms with Crippen molar-refractivity contribution < 1.29 is 9.59 Å². The highest BCUT2D eigenvalue weighted by atomic mass is 35.5. The van der Waals surface area contributed by atoms with Crippen LogP contribution in [0.2, 0.25) is 5.02 Å². The Bertz CT molecular complexity index is 1210. The Kier molecular flexibility index (Phi) is 5.36. The lowest BCUT2D eigenvalue weighted by Gasteiger charge is -2.30. The van der Waals surface area contributed by atoms with E-state index in [0.717, 1.165) is 11.3 Å². The van der Waals surface area contributed by atoms with Crippen molar-refractivity contribution in [1.82, 2.24) is 14.5 Å². The number of hydrogen-bond acceptors (Lipinski definition) is 3. The highest BCUT2D eigenvalue weighted by Gasteiger charge is 2.31. The van der Waals surface area contributed by atoms with Gasteiger partial charge in [0.05, 0.1) is 35.1 Å². The molecule has 0 atom stereocenters. The molecule has 1 aromatic carbocycles. The van der Waals surface area contributed by atoms with E-state index in [4.69, 9.17) is 23.9 Å². The van der Waals surface area contributed by atoms with Gasteiger partial charge in [0, 0.05) is 36.2 Å². The van der Waals surface area contributed by atoms with Crippen LogP contribution in [0.15, 0.2) is 42.6 Å². The van der Waals surface area contributed by atoms with Crippen molar-refractivity contribution in [2.45, 2.75) is 20.0 Å². The summed E-state index contributed by atoms with van der Waals surface area (Å²) in [6.45, 7) is 9.96. The molecule has 0 saturated carbocycles. The molecule has 0 fully saturated rings. The predicted molar refractivity (Wildman–Crippen MR) is 118 cm³/mol. The van der Waals surface area contributed by atoms with Gasteiger partial charge in [-0.2, -0.15) is 0 Å². The van der Waals surface area contributed by atoms with Crippen molar-refractivity contribution >= 4 is 34.9 Å². The number of benzene rings is 1. The molecule has 0 bridgehead atoms. The third-order valence-corrected chi connectivity index (χ3v) is 5.58. The summed E-state index contributed by atoms with van der Waals surface area (Å²) < 4.78 is 1.93. The topological polar surface area (TPSA) is 97.6 Å². The molecule has 3 heterocycles. The van der Waals surface area contributed by atoms with Gasteiger partial charge in [0.2, 0.25) is 0 Å². The molecule has 3 amide bonds. The van der Waals surface area contributed by atoms with E-state index in [1.165, 1.54) is 0 Å². The number of anilines is 1. The third-order valence-electron chi connectivity index (χ3n) is 5.21. The van der Waals surface area contributed by atoms with Gasteiger partial charge in [-0.25, -0.2) is 9.64 Å². The summed E-state index contributed by atoms with van der Waals surface area (Å²) in [6.07, 6.45) is 1.71. The van der Waals surface area contributed by atoms with E-state index < -0.39 is 5.91 Å². The number of urea groups is 1. The monoisotopic (exact) mass is 434 g/mol. The number of carbonyl (C=O) groups excluding carboxylic acids is 2. The number of primary amides is 1. The minimum atomic E-state index is -0.642. The number of fused-ring (bicyclic) bond motifs is 1. The molecule has 156 valence electrons. The maximum absolute atomic E-state index is 12.8. The third kappa shape index (κ3) is 3.83. The molecule has 0 spiro atoms. The summed E-state index contributed by atoms with van der Waals surface area (Å²) in [4.78, 5) is 34.2. The average molecular weight is 435 g/mol. The first-order valence-electron chi connectivity index (χ1n) is 9.56. The first kappa shape index (κ1) is 20.4. The van der Waals surface area contributed by atoms with E-state index in [-0.39, 0.29) is 23.2 Å². The van der Waals surface area contributed by atoms with Crippen molar-refractivity contribution in [3.63, 3.8) is 0 Å². The van der Waals surface area contributed by atoms with E-state index in [2.05, 4.69) is 15.1 Å². The zero-order valence-corrected chi connectivity index (χ0v) is 17.5. The largest absolute Gasteiger partial charge is 0.365 e. The van der Waals surface area contributed by atoms with Crippen LogP contribution in [-0.2, 0) is 13.1 Å². The zero-order valence-electron chi connectivity index (χ0n) is 16.7. The van der Waals surface area contributed by atoms with Crippen molar-refractivity contribution in [1.29, 1.82) is 0 Å². The van der Waals surface area contributed by atoms with E-state index in [1.54, 1.807) is 35.4 Å². The maximum atomic E-state index is 12.8. The van der Waals surface area contributed by atoms with Crippen molar-refractivity contribution in [3.8, 4) is 11.3 Å². The normalized spacial score (nSPS) is 12.7. The summed E-state index contributed by atoms with van der Waals surface area (Å²) in [7, 11) is 0. The van der Waals surface area contributed by atoms with Crippen LogP contribution < -0.4 is 11.1 Å². The molecule has 9 heteroatoms. The highest BCUT2D eigenvalue weighted by Crippen LogP contribution is 2.37. The maximum Gasteiger partial charge on any atom is 0.322 e.